The topological polar surface area (TPSA) is 95.1 Å². The molecule has 0 aliphatic rings. The van der Waals surface area contributed by atoms with Gasteiger partial charge in [-0.2, -0.15) is 5.10 Å². The molecule has 0 saturated carbocycles. The van der Waals surface area contributed by atoms with Crippen LogP contribution in [-0.2, 0) is 6.54 Å². The first-order chi connectivity index (χ1) is 14.1. The number of nitro benzene ring substituents is 1. The first kappa shape index (κ1) is 18.6. The fraction of sp³-hybridized carbons (Fsp3) is 0.100. The van der Waals surface area contributed by atoms with Gasteiger partial charge in [-0.25, -0.2) is 9.67 Å². The molecule has 0 aliphatic carbocycles. The summed E-state index contributed by atoms with van der Waals surface area (Å²) in [6.45, 7) is 0.519. The Morgan fingerprint density at radius 2 is 2.03 bits per heavy atom. The molecule has 0 radical (unpaired) electrons. The molecule has 0 amide bonds. The van der Waals surface area contributed by atoms with E-state index in [0.717, 1.165) is 22.3 Å². The van der Waals surface area contributed by atoms with Crippen LogP contribution in [-0.4, -0.2) is 26.8 Å². The quantitative estimate of drug-likeness (QED) is 0.357. The second-order valence-electron chi connectivity index (χ2n) is 6.15. The lowest BCUT2D eigenvalue weighted by atomic mass is 10.1. The predicted molar refractivity (Wildman–Crippen MR) is 112 cm³/mol. The van der Waals surface area contributed by atoms with Crippen molar-refractivity contribution in [1.82, 2.24) is 14.8 Å². The second-order valence-corrected chi connectivity index (χ2v) is 7.01. The maximum Gasteiger partial charge on any atom is 0.270 e. The van der Waals surface area contributed by atoms with Crippen LogP contribution in [0.15, 0.2) is 66.2 Å². The van der Waals surface area contributed by atoms with Crippen molar-refractivity contribution in [2.24, 2.45) is 0 Å². The van der Waals surface area contributed by atoms with Crippen LogP contribution in [0.3, 0.4) is 0 Å². The molecule has 4 aromatic rings. The molecule has 9 heteroatoms. The van der Waals surface area contributed by atoms with Crippen LogP contribution >= 0.6 is 11.3 Å². The number of thiazole rings is 1. The van der Waals surface area contributed by atoms with Crippen LogP contribution in [0.2, 0.25) is 0 Å². The molecule has 0 unspecified atom stereocenters. The van der Waals surface area contributed by atoms with E-state index in [2.05, 4.69) is 15.4 Å². The van der Waals surface area contributed by atoms with Crippen molar-refractivity contribution in [3.05, 3.63) is 82.0 Å². The summed E-state index contributed by atoms with van der Waals surface area (Å²) in [4.78, 5) is 15.1. The van der Waals surface area contributed by atoms with Crippen LogP contribution < -0.4 is 10.1 Å². The van der Waals surface area contributed by atoms with Gasteiger partial charge in [-0.3, -0.25) is 10.1 Å². The van der Waals surface area contributed by atoms with Crippen molar-refractivity contribution in [1.29, 1.82) is 0 Å². The Morgan fingerprint density at radius 3 is 2.79 bits per heavy atom. The predicted octanol–water partition coefficient (Wildman–Crippen LogP) is 4.52. The Balaban J connectivity index is 1.42. The first-order valence-corrected chi connectivity index (χ1v) is 9.63. The van der Waals surface area contributed by atoms with Gasteiger partial charge in [-0.1, -0.05) is 12.1 Å². The third kappa shape index (κ3) is 4.25. The molecule has 146 valence electrons. The second kappa shape index (κ2) is 8.11. The summed E-state index contributed by atoms with van der Waals surface area (Å²) in [5.74, 6) is 0.797. The van der Waals surface area contributed by atoms with E-state index in [4.69, 9.17) is 4.74 Å². The molecule has 2 heterocycles. The molecule has 2 aromatic carbocycles. The third-order valence-electron chi connectivity index (χ3n) is 4.26. The van der Waals surface area contributed by atoms with Crippen molar-refractivity contribution >= 4 is 22.2 Å². The van der Waals surface area contributed by atoms with Gasteiger partial charge in [-0.15, -0.1) is 11.3 Å². The number of nitrogens with one attached hydrogen (secondary N) is 1. The molecule has 0 spiro atoms. The standard InChI is InChI=1S/C20H17N5O3S/c1-28-18-7-5-16(6-8-18)24-10-9-15(23-24)12-21-20-22-19(13-29-20)14-3-2-4-17(11-14)25(26)27/h2-11,13H,12H2,1H3,(H,21,22). The number of hydrogen-bond acceptors (Lipinski definition) is 7. The van der Waals surface area contributed by atoms with Crippen LogP contribution in [0.1, 0.15) is 5.69 Å². The summed E-state index contributed by atoms with van der Waals surface area (Å²) in [5.41, 5.74) is 3.28. The Hall–Kier alpha value is -3.72. The number of aromatic nitrogens is 3. The molecule has 0 aliphatic heterocycles. The van der Waals surface area contributed by atoms with Crippen LogP contribution in [0.25, 0.3) is 16.9 Å². The molecular weight excluding hydrogens is 390 g/mol. The number of ether oxygens (including phenoxy) is 1. The fourth-order valence-corrected chi connectivity index (χ4v) is 3.49. The van der Waals surface area contributed by atoms with Crippen LogP contribution in [0, 0.1) is 10.1 Å². The first-order valence-electron chi connectivity index (χ1n) is 8.75. The molecule has 8 nitrogen and oxygen atoms in total. The van der Waals surface area contributed by atoms with Gasteiger partial charge < -0.3 is 10.1 Å². The maximum atomic E-state index is 10.9. The van der Waals surface area contributed by atoms with E-state index in [1.54, 1.807) is 17.9 Å². The lowest BCUT2D eigenvalue weighted by molar-refractivity contribution is -0.384. The summed E-state index contributed by atoms with van der Waals surface area (Å²) in [6, 6.07) is 16.0. The number of benzene rings is 2. The summed E-state index contributed by atoms with van der Waals surface area (Å²) in [7, 11) is 1.63. The highest BCUT2D eigenvalue weighted by Crippen LogP contribution is 2.27. The highest BCUT2D eigenvalue weighted by molar-refractivity contribution is 7.14. The largest absolute Gasteiger partial charge is 0.497 e. The Labute approximate surface area is 170 Å². The van der Waals surface area contributed by atoms with Crippen molar-refractivity contribution in [2.45, 2.75) is 6.54 Å². The van der Waals surface area contributed by atoms with E-state index in [9.17, 15) is 10.1 Å². The monoisotopic (exact) mass is 407 g/mol. The van der Waals surface area contributed by atoms with Gasteiger partial charge in [0.2, 0.25) is 0 Å². The van der Waals surface area contributed by atoms with E-state index < -0.39 is 4.92 Å². The van der Waals surface area contributed by atoms with Crippen molar-refractivity contribution in [2.75, 3.05) is 12.4 Å². The lowest BCUT2D eigenvalue weighted by Crippen LogP contribution is -2.02. The van der Waals surface area contributed by atoms with Gasteiger partial charge in [0, 0.05) is 29.3 Å². The molecule has 0 fully saturated rings. The van der Waals surface area contributed by atoms with E-state index in [1.165, 1.54) is 23.5 Å². The molecule has 0 atom stereocenters. The van der Waals surface area contributed by atoms with Gasteiger partial charge in [0.15, 0.2) is 5.13 Å². The van der Waals surface area contributed by atoms with E-state index in [0.29, 0.717) is 17.8 Å². The van der Waals surface area contributed by atoms with Gasteiger partial charge in [0.1, 0.15) is 5.75 Å². The van der Waals surface area contributed by atoms with Gasteiger partial charge in [-0.05, 0) is 30.3 Å². The zero-order chi connectivity index (χ0) is 20.2. The Bertz CT molecular complexity index is 1140. The average molecular weight is 407 g/mol. The number of hydrogen-bond donors (Lipinski definition) is 1. The number of nitro groups is 1. The van der Waals surface area contributed by atoms with Crippen LogP contribution in [0.5, 0.6) is 5.75 Å². The molecular formula is C20H17N5O3S. The zero-order valence-electron chi connectivity index (χ0n) is 15.5. The van der Waals surface area contributed by atoms with E-state index >= 15 is 0 Å². The van der Waals surface area contributed by atoms with Crippen molar-refractivity contribution in [3.8, 4) is 22.7 Å². The lowest BCUT2D eigenvalue weighted by Gasteiger charge is -2.03. The van der Waals surface area contributed by atoms with E-state index in [-0.39, 0.29) is 5.69 Å². The maximum absolute atomic E-state index is 10.9. The fourth-order valence-electron chi connectivity index (χ4n) is 2.77. The average Bonchev–Trinajstić information content (AvgIpc) is 3.42. The van der Waals surface area contributed by atoms with Crippen LogP contribution in [0.4, 0.5) is 10.8 Å². The molecule has 0 bridgehead atoms. The van der Waals surface area contributed by atoms with Gasteiger partial charge in [0.25, 0.3) is 5.69 Å². The minimum atomic E-state index is -0.409. The zero-order valence-corrected chi connectivity index (χ0v) is 16.3. The smallest absolute Gasteiger partial charge is 0.270 e. The minimum Gasteiger partial charge on any atom is -0.497 e. The summed E-state index contributed by atoms with van der Waals surface area (Å²) >= 11 is 1.44. The minimum absolute atomic E-state index is 0.0501. The molecule has 4 rings (SSSR count). The van der Waals surface area contributed by atoms with Crippen molar-refractivity contribution in [3.63, 3.8) is 0 Å². The molecule has 2 aromatic heterocycles. The Kier molecular flexibility index (Phi) is 5.21. The Morgan fingerprint density at radius 1 is 1.21 bits per heavy atom. The number of nitrogens with zero attached hydrogens (tertiary/aromatic N) is 4. The summed E-state index contributed by atoms with van der Waals surface area (Å²) in [6.07, 6.45) is 1.90. The highest BCUT2D eigenvalue weighted by atomic mass is 32.1. The molecule has 1 N–H and O–H groups in total. The normalized spacial score (nSPS) is 10.7. The number of anilines is 1. The third-order valence-corrected chi connectivity index (χ3v) is 5.06. The highest BCUT2D eigenvalue weighted by Gasteiger charge is 2.10. The molecule has 29 heavy (non-hydrogen) atoms. The molecule has 0 saturated heterocycles. The SMILES string of the molecule is COc1ccc(-n2ccc(CNc3nc(-c4cccc([N+](=O)[O-])c4)cs3)n2)cc1. The van der Waals surface area contributed by atoms with E-state index in [1.807, 2.05) is 48.0 Å². The number of methoxy groups -OCH3 is 1. The summed E-state index contributed by atoms with van der Waals surface area (Å²) in [5, 5.41) is 21.4. The van der Waals surface area contributed by atoms with Gasteiger partial charge in [0.05, 0.1) is 35.7 Å². The summed E-state index contributed by atoms with van der Waals surface area (Å²) < 4.78 is 6.97. The van der Waals surface area contributed by atoms with Gasteiger partial charge >= 0.3 is 0 Å². The van der Waals surface area contributed by atoms with Crippen molar-refractivity contribution < 1.29 is 9.66 Å². The number of non-ortho nitro benzene ring substituents is 1. The number of rotatable bonds is 7.